The van der Waals surface area contributed by atoms with Crippen molar-refractivity contribution in [3.05, 3.63) is 60.8 Å². The highest BCUT2D eigenvalue weighted by Crippen LogP contribution is 2.03. The van der Waals surface area contributed by atoms with E-state index in [4.69, 9.17) is 0 Å². The van der Waals surface area contributed by atoms with Gasteiger partial charge in [-0.2, -0.15) is 0 Å². The predicted octanol–water partition coefficient (Wildman–Crippen LogP) is 3.88. The molecule has 0 aromatic heterocycles. The lowest BCUT2D eigenvalue weighted by atomic mass is 10.1. The molecule has 0 aromatic carbocycles. The van der Waals surface area contributed by atoms with Gasteiger partial charge in [-0.25, -0.2) is 0 Å². The maximum Gasteiger partial charge on any atom is 0.0639 e. The molecule has 0 bridgehead atoms. The Balaban J connectivity index is 4.96. The van der Waals surface area contributed by atoms with Crippen molar-refractivity contribution in [1.82, 2.24) is 0 Å². The third-order valence-corrected chi connectivity index (χ3v) is 1.74. The lowest BCUT2D eigenvalue weighted by molar-refractivity contribution is 1.43. The molecular formula is C14H19N. The number of hydrogen-bond acceptors (Lipinski definition) is 1. The maximum absolute atomic E-state index is 4.21. The first-order valence-electron chi connectivity index (χ1n) is 5.02. The summed E-state index contributed by atoms with van der Waals surface area (Å²) in [6, 6.07) is 0. The summed E-state index contributed by atoms with van der Waals surface area (Å²) in [5.74, 6) is 0. The molecule has 1 nitrogen and oxygen atoms in total. The molecule has 0 fully saturated rings. The highest BCUT2D eigenvalue weighted by atomic mass is 14.7. The van der Waals surface area contributed by atoms with Crippen LogP contribution in [0.4, 0.5) is 0 Å². The molecular weight excluding hydrogens is 182 g/mol. The zero-order chi connectivity index (χ0) is 11.5. The lowest BCUT2D eigenvalue weighted by Crippen LogP contribution is -1.96. The van der Waals surface area contributed by atoms with Crippen LogP contribution in [0.3, 0.4) is 0 Å². The standard InChI is InChI=1S/C14H19N/c1-5-8-9-12-13(10-6-2)14(15-4)11-7-3/h5-12H,2H2,1,3-4H3/b8-5-,11-7-,12-9-,13-10+,15-14?. The highest BCUT2D eigenvalue weighted by Gasteiger charge is 1.96. The predicted molar refractivity (Wildman–Crippen MR) is 70.4 cm³/mol. The molecule has 0 atom stereocenters. The summed E-state index contributed by atoms with van der Waals surface area (Å²) in [4.78, 5) is 4.21. The molecule has 0 aliphatic rings. The van der Waals surface area contributed by atoms with Crippen LogP contribution in [0.15, 0.2) is 65.8 Å². The van der Waals surface area contributed by atoms with Crippen molar-refractivity contribution in [2.45, 2.75) is 13.8 Å². The van der Waals surface area contributed by atoms with Crippen molar-refractivity contribution in [1.29, 1.82) is 0 Å². The minimum absolute atomic E-state index is 0.957. The van der Waals surface area contributed by atoms with Crippen LogP contribution in [-0.4, -0.2) is 12.8 Å². The summed E-state index contributed by atoms with van der Waals surface area (Å²) in [5.41, 5.74) is 2.02. The number of allylic oxidation sites excluding steroid dienone is 9. The molecule has 0 N–H and O–H groups in total. The van der Waals surface area contributed by atoms with E-state index < -0.39 is 0 Å². The van der Waals surface area contributed by atoms with Crippen molar-refractivity contribution < 1.29 is 0 Å². The largest absolute Gasteiger partial charge is 0.288 e. The van der Waals surface area contributed by atoms with Gasteiger partial charge in [0.15, 0.2) is 0 Å². The van der Waals surface area contributed by atoms with E-state index in [-0.39, 0.29) is 0 Å². The van der Waals surface area contributed by atoms with Crippen LogP contribution in [0.5, 0.6) is 0 Å². The smallest absolute Gasteiger partial charge is 0.0639 e. The number of aliphatic imine (C=N–C) groups is 1. The van der Waals surface area contributed by atoms with Gasteiger partial charge in [-0.3, -0.25) is 4.99 Å². The molecule has 0 amide bonds. The van der Waals surface area contributed by atoms with Gasteiger partial charge < -0.3 is 0 Å². The fraction of sp³-hybridized carbons (Fsp3) is 0.214. The van der Waals surface area contributed by atoms with Gasteiger partial charge in [-0.1, -0.05) is 49.1 Å². The first kappa shape index (κ1) is 13.4. The van der Waals surface area contributed by atoms with Gasteiger partial charge in [-0.05, 0) is 25.5 Å². The van der Waals surface area contributed by atoms with Crippen LogP contribution in [-0.2, 0) is 0 Å². The summed E-state index contributed by atoms with van der Waals surface area (Å²) in [6.07, 6.45) is 15.7. The molecule has 0 saturated carbocycles. The quantitative estimate of drug-likeness (QED) is 0.473. The fourth-order valence-corrected chi connectivity index (χ4v) is 1.08. The SMILES string of the molecule is C=C\C=C(/C=C\C=C/C)C(/C=C\C)=NC. The van der Waals surface area contributed by atoms with E-state index in [0.717, 1.165) is 11.3 Å². The van der Waals surface area contributed by atoms with Gasteiger partial charge in [0.2, 0.25) is 0 Å². The zero-order valence-corrected chi connectivity index (χ0v) is 9.77. The third-order valence-electron chi connectivity index (χ3n) is 1.74. The molecule has 0 saturated heterocycles. The third kappa shape index (κ3) is 5.63. The Morgan fingerprint density at radius 3 is 2.27 bits per heavy atom. The molecule has 1 heteroatoms. The van der Waals surface area contributed by atoms with E-state index in [9.17, 15) is 0 Å². The van der Waals surface area contributed by atoms with Crippen LogP contribution in [0, 0.1) is 0 Å². The average Bonchev–Trinajstić information content (AvgIpc) is 2.25. The van der Waals surface area contributed by atoms with Gasteiger partial charge in [0, 0.05) is 7.05 Å². The molecule has 0 heterocycles. The summed E-state index contributed by atoms with van der Waals surface area (Å²) >= 11 is 0. The Labute approximate surface area is 92.9 Å². The fourth-order valence-electron chi connectivity index (χ4n) is 1.08. The van der Waals surface area contributed by atoms with Crippen LogP contribution < -0.4 is 0 Å². The second kappa shape index (κ2) is 8.95. The van der Waals surface area contributed by atoms with Crippen LogP contribution in [0.25, 0.3) is 0 Å². The summed E-state index contributed by atoms with van der Waals surface area (Å²) in [7, 11) is 1.79. The van der Waals surface area contributed by atoms with Crippen molar-refractivity contribution in [2.24, 2.45) is 4.99 Å². The molecule has 0 unspecified atom stereocenters. The molecule has 80 valence electrons. The maximum atomic E-state index is 4.21. The van der Waals surface area contributed by atoms with Crippen LogP contribution in [0.1, 0.15) is 13.8 Å². The monoisotopic (exact) mass is 201 g/mol. The van der Waals surface area contributed by atoms with E-state index in [2.05, 4.69) is 11.6 Å². The average molecular weight is 201 g/mol. The molecule has 0 aliphatic heterocycles. The number of hydrogen-bond donors (Lipinski definition) is 0. The van der Waals surface area contributed by atoms with Gasteiger partial charge in [0.25, 0.3) is 0 Å². The molecule has 15 heavy (non-hydrogen) atoms. The Morgan fingerprint density at radius 2 is 1.80 bits per heavy atom. The minimum Gasteiger partial charge on any atom is -0.288 e. The van der Waals surface area contributed by atoms with E-state index in [0.29, 0.717) is 0 Å². The first-order valence-corrected chi connectivity index (χ1v) is 5.02. The Bertz CT molecular complexity index is 325. The van der Waals surface area contributed by atoms with Gasteiger partial charge in [-0.15, -0.1) is 0 Å². The van der Waals surface area contributed by atoms with E-state index >= 15 is 0 Å². The van der Waals surface area contributed by atoms with Gasteiger partial charge in [0.1, 0.15) is 0 Å². The van der Waals surface area contributed by atoms with Crippen molar-refractivity contribution in [3.8, 4) is 0 Å². The van der Waals surface area contributed by atoms with Crippen molar-refractivity contribution >= 4 is 5.71 Å². The zero-order valence-electron chi connectivity index (χ0n) is 9.77. The van der Waals surface area contributed by atoms with Crippen molar-refractivity contribution in [2.75, 3.05) is 7.05 Å². The lowest BCUT2D eigenvalue weighted by Gasteiger charge is -1.99. The molecule has 0 aliphatic carbocycles. The number of rotatable bonds is 5. The second-order valence-electron chi connectivity index (χ2n) is 2.85. The summed E-state index contributed by atoms with van der Waals surface area (Å²) in [6.45, 7) is 7.66. The molecule has 0 spiro atoms. The Kier molecular flexibility index (Phi) is 7.97. The number of nitrogens with zero attached hydrogens (tertiary/aromatic N) is 1. The summed E-state index contributed by atoms with van der Waals surface area (Å²) in [5, 5.41) is 0. The molecule has 0 aromatic rings. The highest BCUT2D eigenvalue weighted by molar-refractivity contribution is 6.10. The van der Waals surface area contributed by atoms with E-state index in [1.54, 1.807) is 13.1 Å². The van der Waals surface area contributed by atoms with Crippen LogP contribution >= 0.6 is 0 Å². The van der Waals surface area contributed by atoms with E-state index in [1.807, 2.05) is 56.4 Å². The minimum atomic E-state index is 0.957. The Hall–Kier alpha value is -1.63. The van der Waals surface area contributed by atoms with Crippen molar-refractivity contribution in [3.63, 3.8) is 0 Å². The van der Waals surface area contributed by atoms with Crippen LogP contribution in [0.2, 0.25) is 0 Å². The van der Waals surface area contributed by atoms with E-state index in [1.165, 1.54) is 0 Å². The molecule has 0 rings (SSSR count). The second-order valence-corrected chi connectivity index (χ2v) is 2.85. The normalized spacial score (nSPS) is 14.6. The molecule has 0 radical (unpaired) electrons. The summed E-state index contributed by atoms with van der Waals surface area (Å²) < 4.78 is 0. The van der Waals surface area contributed by atoms with Gasteiger partial charge >= 0.3 is 0 Å². The van der Waals surface area contributed by atoms with Gasteiger partial charge in [0.05, 0.1) is 5.71 Å². The Morgan fingerprint density at radius 1 is 1.07 bits per heavy atom. The first-order chi connectivity index (χ1) is 7.29. The topological polar surface area (TPSA) is 12.4 Å².